The number of rotatable bonds is 6. The Morgan fingerprint density at radius 1 is 1.56 bits per heavy atom. The number of hydrogen-bond donors (Lipinski definition) is 1. The average molecular weight is 224 g/mol. The number of nitrogens with zero attached hydrogens (tertiary/aromatic N) is 1. The molecule has 4 heteroatoms. The second-order valence-corrected chi connectivity index (χ2v) is 4.96. The Hall–Kier alpha value is -1.08. The smallest absolute Gasteiger partial charge is 0.323 e. The van der Waals surface area contributed by atoms with Gasteiger partial charge in [-0.05, 0) is 24.2 Å². The van der Waals surface area contributed by atoms with E-state index in [9.17, 15) is 4.79 Å². The third-order valence-electron chi connectivity index (χ3n) is 3.23. The van der Waals surface area contributed by atoms with Crippen LogP contribution >= 0.6 is 0 Å². The summed E-state index contributed by atoms with van der Waals surface area (Å²) in [5.41, 5.74) is 0.121. The molecule has 1 saturated carbocycles. The molecular weight excluding hydrogens is 204 g/mol. The summed E-state index contributed by atoms with van der Waals surface area (Å²) in [4.78, 5) is 11.5. The van der Waals surface area contributed by atoms with Crippen LogP contribution in [0.2, 0.25) is 0 Å². The van der Waals surface area contributed by atoms with Gasteiger partial charge in [0.15, 0.2) is 0 Å². The van der Waals surface area contributed by atoms with Gasteiger partial charge in [0, 0.05) is 13.0 Å². The maximum Gasteiger partial charge on any atom is 0.323 e. The van der Waals surface area contributed by atoms with E-state index < -0.39 is 0 Å². The van der Waals surface area contributed by atoms with Crippen LogP contribution in [-0.2, 0) is 9.53 Å². The van der Waals surface area contributed by atoms with Gasteiger partial charge in [-0.2, -0.15) is 5.26 Å². The molecule has 0 saturated heterocycles. The molecule has 4 nitrogen and oxygen atoms in total. The van der Waals surface area contributed by atoms with Crippen LogP contribution in [0.1, 0.15) is 33.1 Å². The van der Waals surface area contributed by atoms with Crippen LogP contribution in [0.25, 0.3) is 0 Å². The fourth-order valence-electron chi connectivity index (χ4n) is 1.81. The first-order chi connectivity index (χ1) is 7.54. The highest BCUT2D eigenvalue weighted by molar-refractivity contribution is 5.75. The van der Waals surface area contributed by atoms with Gasteiger partial charge in [-0.1, -0.05) is 13.8 Å². The van der Waals surface area contributed by atoms with E-state index >= 15 is 0 Å². The summed E-state index contributed by atoms with van der Waals surface area (Å²) in [5, 5.41) is 11.9. The third-order valence-corrected chi connectivity index (χ3v) is 3.23. The summed E-state index contributed by atoms with van der Waals surface area (Å²) in [6, 6.07) is 1.95. The number of nitriles is 1. The predicted octanol–water partition coefficient (Wildman–Crippen LogP) is 1.47. The van der Waals surface area contributed by atoms with Gasteiger partial charge in [-0.25, -0.2) is 0 Å². The van der Waals surface area contributed by atoms with Crippen LogP contribution in [0, 0.1) is 22.7 Å². The number of esters is 1. The van der Waals surface area contributed by atoms with Gasteiger partial charge in [0.2, 0.25) is 0 Å². The van der Waals surface area contributed by atoms with Gasteiger partial charge < -0.3 is 10.1 Å². The van der Waals surface area contributed by atoms with Crippen LogP contribution in [0.15, 0.2) is 0 Å². The van der Waals surface area contributed by atoms with E-state index in [-0.39, 0.29) is 23.3 Å². The topological polar surface area (TPSA) is 62.1 Å². The molecular formula is C12H20N2O2. The number of hydrogen-bond acceptors (Lipinski definition) is 4. The van der Waals surface area contributed by atoms with Crippen molar-refractivity contribution in [3.8, 4) is 6.07 Å². The summed E-state index contributed by atoms with van der Waals surface area (Å²) < 4.78 is 4.75. The zero-order valence-electron chi connectivity index (χ0n) is 10.2. The summed E-state index contributed by atoms with van der Waals surface area (Å²) in [5.74, 6) is -0.0203. The lowest BCUT2D eigenvalue weighted by Gasteiger charge is -2.22. The molecule has 1 aliphatic rings. The standard InChI is InChI=1S/C12H20N2O2/c1-9(2)10(11(15)16-3)14-8-12(4-5-12)6-7-13/h9-10,14H,4-6,8H2,1-3H3. The summed E-state index contributed by atoms with van der Waals surface area (Å²) in [7, 11) is 1.40. The molecule has 0 aromatic rings. The lowest BCUT2D eigenvalue weighted by molar-refractivity contribution is -0.144. The molecule has 1 aliphatic carbocycles. The summed E-state index contributed by atoms with van der Waals surface area (Å²) in [6.45, 7) is 4.70. The van der Waals surface area contributed by atoms with Crippen molar-refractivity contribution in [1.29, 1.82) is 5.26 Å². The number of methoxy groups -OCH3 is 1. The van der Waals surface area contributed by atoms with Gasteiger partial charge in [0.25, 0.3) is 0 Å². The first-order valence-electron chi connectivity index (χ1n) is 5.73. The minimum Gasteiger partial charge on any atom is -0.468 e. The fraction of sp³-hybridized carbons (Fsp3) is 0.833. The second kappa shape index (κ2) is 5.31. The van der Waals surface area contributed by atoms with Crippen LogP contribution in [0.4, 0.5) is 0 Å². The molecule has 1 rings (SSSR count). The summed E-state index contributed by atoms with van der Waals surface area (Å²) >= 11 is 0. The van der Waals surface area contributed by atoms with Crippen LogP contribution in [0.3, 0.4) is 0 Å². The molecule has 0 heterocycles. The molecule has 0 aliphatic heterocycles. The zero-order valence-corrected chi connectivity index (χ0v) is 10.2. The molecule has 1 fully saturated rings. The van der Waals surface area contributed by atoms with Crippen LogP contribution < -0.4 is 5.32 Å². The van der Waals surface area contributed by atoms with Crippen molar-refractivity contribution in [2.24, 2.45) is 11.3 Å². The Morgan fingerprint density at radius 2 is 2.19 bits per heavy atom. The molecule has 0 bridgehead atoms. The fourth-order valence-corrected chi connectivity index (χ4v) is 1.81. The SMILES string of the molecule is COC(=O)C(NCC1(CC#N)CC1)C(C)C. The highest BCUT2D eigenvalue weighted by atomic mass is 16.5. The lowest BCUT2D eigenvalue weighted by atomic mass is 10.00. The average Bonchev–Trinajstić information content (AvgIpc) is 2.98. The molecule has 90 valence electrons. The molecule has 0 spiro atoms. The van der Waals surface area contributed by atoms with E-state index in [2.05, 4.69) is 11.4 Å². The molecule has 1 unspecified atom stereocenters. The Morgan fingerprint density at radius 3 is 2.56 bits per heavy atom. The normalized spacial score (nSPS) is 18.9. The van der Waals surface area contributed by atoms with Crippen molar-refractivity contribution in [3.63, 3.8) is 0 Å². The van der Waals surface area contributed by atoms with Gasteiger partial charge in [0.1, 0.15) is 6.04 Å². The highest BCUT2D eigenvalue weighted by Gasteiger charge is 2.43. The Labute approximate surface area is 97.0 Å². The maximum absolute atomic E-state index is 11.5. The van der Waals surface area contributed by atoms with E-state index in [1.54, 1.807) is 0 Å². The molecule has 16 heavy (non-hydrogen) atoms. The first kappa shape index (κ1) is 13.0. The van der Waals surface area contributed by atoms with Gasteiger partial charge in [-0.3, -0.25) is 4.79 Å². The third kappa shape index (κ3) is 3.21. The van der Waals surface area contributed by atoms with E-state index in [0.29, 0.717) is 6.42 Å². The first-order valence-corrected chi connectivity index (χ1v) is 5.73. The second-order valence-electron chi connectivity index (χ2n) is 4.96. The van der Waals surface area contributed by atoms with Crippen molar-refractivity contribution in [1.82, 2.24) is 5.32 Å². The molecule has 0 radical (unpaired) electrons. The number of nitrogens with one attached hydrogen (secondary N) is 1. The van der Waals surface area contributed by atoms with Gasteiger partial charge >= 0.3 is 5.97 Å². The van der Waals surface area contributed by atoms with Crippen molar-refractivity contribution in [3.05, 3.63) is 0 Å². The van der Waals surface area contributed by atoms with Crippen LogP contribution in [-0.4, -0.2) is 25.7 Å². The van der Waals surface area contributed by atoms with Gasteiger partial charge in [0.05, 0.1) is 13.2 Å². The maximum atomic E-state index is 11.5. The molecule has 1 atom stereocenters. The number of ether oxygens (including phenoxy) is 1. The van der Waals surface area contributed by atoms with Crippen LogP contribution in [0.5, 0.6) is 0 Å². The van der Waals surface area contributed by atoms with Gasteiger partial charge in [-0.15, -0.1) is 0 Å². The largest absolute Gasteiger partial charge is 0.468 e. The molecule has 0 amide bonds. The van der Waals surface area contributed by atoms with Crippen molar-refractivity contribution in [2.45, 2.75) is 39.2 Å². The lowest BCUT2D eigenvalue weighted by Crippen LogP contribution is -2.44. The van der Waals surface area contributed by atoms with E-state index in [4.69, 9.17) is 10.00 Å². The molecule has 1 N–H and O–H groups in total. The predicted molar refractivity (Wildman–Crippen MR) is 60.5 cm³/mol. The number of carbonyl (C=O) groups excluding carboxylic acids is 1. The van der Waals surface area contributed by atoms with Crippen molar-refractivity contribution in [2.75, 3.05) is 13.7 Å². The van der Waals surface area contributed by atoms with Crippen molar-refractivity contribution >= 4 is 5.97 Å². The minimum absolute atomic E-state index is 0.121. The molecule has 0 aromatic heterocycles. The highest BCUT2D eigenvalue weighted by Crippen LogP contribution is 2.47. The van der Waals surface area contributed by atoms with E-state index in [0.717, 1.165) is 19.4 Å². The quantitative estimate of drug-likeness (QED) is 0.694. The Kier molecular flexibility index (Phi) is 4.31. The van der Waals surface area contributed by atoms with E-state index in [1.807, 2.05) is 13.8 Å². The monoisotopic (exact) mass is 224 g/mol. The zero-order chi connectivity index (χ0) is 12.2. The Bertz CT molecular complexity index is 290. The van der Waals surface area contributed by atoms with Crippen molar-refractivity contribution < 1.29 is 9.53 Å². The minimum atomic E-state index is -0.263. The molecule has 0 aromatic carbocycles. The summed E-state index contributed by atoms with van der Waals surface area (Å²) in [6.07, 6.45) is 2.74. The van der Waals surface area contributed by atoms with E-state index in [1.165, 1.54) is 7.11 Å². The number of carbonyl (C=O) groups is 1. The Balaban J connectivity index is 2.45.